The number of hydrogen-bond acceptors (Lipinski definition) is 2. The van der Waals surface area contributed by atoms with Gasteiger partial charge in [0.05, 0.1) is 5.69 Å². The number of rotatable bonds is 2. The predicted molar refractivity (Wildman–Crippen MR) is 62.6 cm³/mol. The van der Waals surface area contributed by atoms with Crippen LogP contribution in [-0.2, 0) is 6.54 Å². The maximum absolute atomic E-state index is 5.91. The largest absolute Gasteiger partial charge is 0.326 e. The minimum absolute atomic E-state index is 0.474. The first-order chi connectivity index (χ1) is 7.29. The van der Waals surface area contributed by atoms with E-state index in [1.807, 2.05) is 36.4 Å². The smallest absolute Gasteiger partial charge is 0.130 e. The van der Waals surface area contributed by atoms with Crippen molar-refractivity contribution in [2.45, 2.75) is 6.54 Å². The molecule has 1 heterocycles. The Kier molecular flexibility index (Phi) is 2.99. The highest BCUT2D eigenvalue weighted by atomic mass is 35.5. The van der Waals surface area contributed by atoms with Crippen molar-refractivity contribution in [2.24, 2.45) is 5.73 Å². The lowest BCUT2D eigenvalue weighted by atomic mass is 10.1. The molecule has 0 aliphatic carbocycles. The summed E-state index contributed by atoms with van der Waals surface area (Å²) < 4.78 is 0. The van der Waals surface area contributed by atoms with Crippen LogP contribution in [0.4, 0.5) is 0 Å². The Hall–Kier alpha value is -1.38. The summed E-state index contributed by atoms with van der Waals surface area (Å²) in [6, 6.07) is 13.7. The quantitative estimate of drug-likeness (QED) is 0.788. The molecule has 0 saturated carbocycles. The van der Waals surface area contributed by atoms with Gasteiger partial charge in [0, 0.05) is 12.1 Å². The van der Waals surface area contributed by atoms with Crippen LogP contribution in [0, 0.1) is 0 Å². The van der Waals surface area contributed by atoms with E-state index in [1.54, 1.807) is 6.07 Å². The normalized spacial score (nSPS) is 10.3. The molecule has 0 saturated heterocycles. The standard InChI is InChI=1S/C12H11ClN2/c13-12-7-9(8-14)6-11(15-12)10-4-2-1-3-5-10/h1-7H,8,14H2. The van der Waals surface area contributed by atoms with Gasteiger partial charge in [0.15, 0.2) is 0 Å². The lowest BCUT2D eigenvalue weighted by Gasteiger charge is -2.04. The molecule has 0 bridgehead atoms. The molecule has 0 aliphatic rings. The Labute approximate surface area is 93.7 Å². The second-order valence-electron chi connectivity index (χ2n) is 3.25. The van der Waals surface area contributed by atoms with Gasteiger partial charge in [-0.25, -0.2) is 4.98 Å². The van der Waals surface area contributed by atoms with Crippen LogP contribution in [0.2, 0.25) is 5.15 Å². The van der Waals surface area contributed by atoms with Crippen LogP contribution < -0.4 is 5.73 Å². The number of halogens is 1. The number of benzene rings is 1. The number of pyridine rings is 1. The van der Waals surface area contributed by atoms with Gasteiger partial charge in [-0.1, -0.05) is 41.9 Å². The fourth-order valence-electron chi connectivity index (χ4n) is 1.42. The zero-order valence-electron chi connectivity index (χ0n) is 8.15. The van der Waals surface area contributed by atoms with Crippen molar-refractivity contribution in [2.75, 3.05) is 0 Å². The van der Waals surface area contributed by atoms with Crippen LogP contribution >= 0.6 is 11.6 Å². The van der Waals surface area contributed by atoms with E-state index >= 15 is 0 Å². The summed E-state index contributed by atoms with van der Waals surface area (Å²) in [7, 11) is 0. The molecule has 0 spiro atoms. The van der Waals surface area contributed by atoms with Gasteiger partial charge in [-0.3, -0.25) is 0 Å². The van der Waals surface area contributed by atoms with E-state index in [9.17, 15) is 0 Å². The summed E-state index contributed by atoms with van der Waals surface area (Å²) in [5.41, 5.74) is 8.49. The average Bonchev–Trinajstić information content (AvgIpc) is 2.29. The van der Waals surface area contributed by atoms with Gasteiger partial charge < -0.3 is 5.73 Å². The molecule has 2 nitrogen and oxygen atoms in total. The van der Waals surface area contributed by atoms with Crippen molar-refractivity contribution < 1.29 is 0 Å². The van der Waals surface area contributed by atoms with Crippen molar-refractivity contribution in [3.05, 3.63) is 53.2 Å². The number of aromatic nitrogens is 1. The summed E-state index contributed by atoms with van der Waals surface area (Å²) in [4.78, 5) is 4.26. The second-order valence-corrected chi connectivity index (χ2v) is 3.64. The zero-order chi connectivity index (χ0) is 10.7. The maximum Gasteiger partial charge on any atom is 0.130 e. The maximum atomic E-state index is 5.91. The molecule has 3 heteroatoms. The van der Waals surface area contributed by atoms with Crippen LogP contribution in [0.5, 0.6) is 0 Å². The van der Waals surface area contributed by atoms with Gasteiger partial charge in [0.1, 0.15) is 5.15 Å². The summed E-state index contributed by atoms with van der Waals surface area (Å²) in [5, 5.41) is 0.483. The van der Waals surface area contributed by atoms with Crippen molar-refractivity contribution in [3.63, 3.8) is 0 Å². The molecule has 2 N–H and O–H groups in total. The van der Waals surface area contributed by atoms with E-state index in [4.69, 9.17) is 17.3 Å². The molecule has 0 radical (unpaired) electrons. The molecule has 0 fully saturated rings. The second kappa shape index (κ2) is 4.43. The number of nitrogens with zero attached hydrogens (tertiary/aromatic N) is 1. The van der Waals surface area contributed by atoms with Crippen molar-refractivity contribution in [1.82, 2.24) is 4.98 Å². The van der Waals surface area contributed by atoms with E-state index in [1.165, 1.54) is 0 Å². The fraction of sp³-hybridized carbons (Fsp3) is 0.0833. The molecular formula is C12H11ClN2. The van der Waals surface area contributed by atoms with Crippen LogP contribution in [0.1, 0.15) is 5.56 Å². The first kappa shape index (κ1) is 10.1. The molecule has 1 aromatic carbocycles. The van der Waals surface area contributed by atoms with E-state index in [0.717, 1.165) is 16.8 Å². The van der Waals surface area contributed by atoms with Gasteiger partial charge in [-0.15, -0.1) is 0 Å². The van der Waals surface area contributed by atoms with Gasteiger partial charge >= 0.3 is 0 Å². The van der Waals surface area contributed by atoms with E-state index in [-0.39, 0.29) is 0 Å². The van der Waals surface area contributed by atoms with E-state index in [0.29, 0.717) is 11.7 Å². The summed E-state index contributed by atoms with van der Waals surface area (Å²) in [6.07, 6.45) is 0. The Morgan fingerprint density at radius 1 is 1.13 bits per heavy atom. The zero-order valence-corrected chi connectivity index (χ0v) is 8.91. The summed E-state index contributed by atoms with van der Waals surface area (Å²) in [6.45, 7) is 0.474. The Morgan fingerprint density at radius 3 is 2.53 bits per heavy atom. The Morgan fingerprint density at radius 2 is 1.87 bits per heavy atom. The van der Waals surface area contributed by atoms with Gasteiger partial charge in [0.25, 0.3) is 0 Å². The molecule has 0 amide bonds. The minimum Gasteiger partial charge on any atom is -0.326 e. The molecule has 76 valence electrons. The van der Waals surface area contributed by atoms with Crippen LogP contribution in [-0.4, -0.2) is 4.98 Å². The van der Waals surface area contributed by atoms with Gasteiger partial charge in [0.2, 0.25) is 0 Å². The van der Waals surface area contributed by atoms with Crippen LogP contribution in [0.15, 0.2) is 42.5 Å². The summed E-state index contributed by atoms with van der Waals surface area (Å²) in [5.74, 6) is 0. The number of nitrogens with two attached hydrogens (primary N) is 1. The predicted octanol–water partition coefficient (Wildman–Crippen LogP) is 2.86. The topological polar surface area (TPSA) is 38.9 Å². The highest BCUT2D eigenvalue weighted by Gasteiger charge is 2.02. The molecule has 0 atom stereocenters. The first-order valence-electron chi connectivity index (χ1n) is 4.71. The highest BCUT2D eigenvalue weighted by molar-refractivity contribution is 6.29. The molecule has 2 aromatic rings. The highest BCUT2D eigenvalue weighted by Crippen LogP contribution is 2.20. The molecule has 0 aliphatic heterocycles. The van der Waals surface area contributed by atoms with Crippen LogP contribution in [0.25, 0.3) is 11.3 Å². The Bertz CT molecular complexity index is 454. The molecule has 1 aromatic heterocycles. The lowest BCUT2D eigenvalue weighted by molar-refractivity contribution is 1.06. The van der Waals surface area contributed by atoms with Gasteiger partial charge in [-0.2, -0.15) is 0 Å². The molecule has 0 unspecified atom stereocenters. The van der Waals surface area contributed by atoms with Crippen LogP contribution in [0.3, 0.4) is 0 Å². The van der Waals surface area contributed by atoms with E-state index < -0.39 is 0 Å². The first-order valence-corrected chi connectivity index (χ1v) is 5.09. The lowest BCUT2D eigenvalue weighted by Crippen LogP contribution is -1.97. The monoisotopic (exact) mass is 218 g/mol. The third kappa shape index (κ3) is 2.35. The Balaban J connectivity index is 2.49. The average molecular weight is 219 g/mol. The van der Waals surface area contributed by atoms with E-state index in [2.05, 4.69) is 4.98 Å². The fourth-order valence-corrected chi connectivity index (χ4v) is 1.66. The molecule has 15 heavy (non-hydrogen) atoms. The third-order valence-corrected chi connectivity index (χ3v) is 2.35. The summed E-state index contributed by atoms with van der Waals surface area (Å²) >= 11 is 5.91. The number of hydrogen-bond donors (Lipinski definition) is 1. The SMILES string of the molecule is NCc1cc(Cl)nc(-c2ccccc2)c1. The molecular weight excluding hydrogens is 208 g/mol. The minimum atomic E-state index is 0.474. The van der Waals surface area contributed by atoms with Crippen molar-refractivity contribution >= 4 is 11.6 Å². The van der Waals surface area contributed by atoms with Crippen molar-refractivity contribution in [3.8, 4) is 11.3 Å². The van der Waals surface area contributed by atoms with Gasteiger partial charge in [-0.05, 0) is 17.7 Å². The molecule has 2 rings (SSSR count). The third-order valence-electron chi connectivity index (χ3n) is 2.16. The van der Waals surface area contributed by atoms with Crippen molar-refractivity contribution in [1.29, 1.82) is 0 Å².